The van der Waals surface area contributed by atoms with E-state index in [0.717, 1.165) is 0 Å². The maximum absolute atomic E-state index is 12.8. The Bertz CT molecular complexity index is 927. The molecule has 2 aromatic rings. The van der Waals surface area contributed by atoms with Crippen LogP contribution in [0.2, 0.25) is 0 Å². The van der Waals surface area contributed by atoms with Gasteiger partial charge in [-0.3, -0.25) is 19.8 Å². The van der Waals surface area contributed by atoms with E-state index in [1.807, 2.05) is 6.07 Å². The van der Waals surface area contributed by atoms with Crippen LogP contribution in [0.15, 0.2) is 54.6 Å². The number of imide groups is 1. The lowest BCUT2D eigenvalue weighted by Gasteiger charge is -2.22. The molecule has 1 aliphatic heterocycles. The predicted octanol–water partition coefficient (Wildman–Crippen LogP) is 1.69. The fourth-order valence-electron chi connectivity index (χ4n) is 2.97. The first-order valence-electron chi connectivity index (χ1n) is 8.68. The summed E-state index contributed by atoms with van der Waals surface area (Å²) < 4.78 is 0. The Morgan fingerprint density at radius 2 is 1.68 bits per heavy atom. The van der Waals surface area contributed by atoms with Crippen molar-refractivity contribution >= 4 is 29.4 Å². The summed E-state index contributed by atoms with van der Waals surface area (Å²) >= 11 is 0. The number of hydrazine groups is 1. The van der Waals surface area contributed by atoms with Crippen LogP contribution in [0, 0.1) is 0 Å². The number of rotatable bonds is 5. The maximum atomic E-state index is 12.8. The van der Waals surface area contributed by atoms with Gasteiger partial charge in [-0.05, 0) is 30.2 Å². The molecule has 5 amide bonds. The van der Waals surface area contributed by atoms with Gasteiger partial charge in [-0.1, -0.05) is 42.5 Å². The van der Waals surface area contributed by atoms with Gasteiger partial charge in [-0.15, -0.1) is 0 Å². The van der Waals surface area contributed by atoms with Gasteiger partial charge < -0.3 is 10.6 Å². The van der Waals surface area contributed by atoms with Gasteiger partial charge in [0, 0.05) is 12.6 Å². The first kappa shape index (κ1) is 19.1. The first-order chi connectivity index (χ1) is 13.3. The molecular formula is C20H20N4O4. The van der Waals surface area contributed by atoms with Gasteiger partial charge in [0.2, 0.25) is 11.8 Å². The molecule has 1 aliphatic rings. The Labute approximate surface area is 161 Å². The summed E-state index contributed by atoms with van der Waals surface area (Å²) in [5.41, 5.74) is 3.03. The highest BCUT2D eigenvalue weighted by Crippen LogP contribution is 2.27. The lowest BCUT2D eigenvalue weighted by Crippen LogP contribution is -2.48. The standard InChI is InChI=1S/C20H20N4O4/c1-13(25)21-16-10-8-14(9-11-16)12-17(26)23-24-18(27)20(2,22-19(24)28)15-6-4-3-5-7-15/h3-11H,12H2,1-2H3,(H,21,25)(H,22,28)(H,23,26)/t20-/m0/s1. The number of urea groups is 1. The zero-order chi connectivity index (χ0) is 20.3. The van der Waals surface area contributed by atoms with E-state index in [0.29, 0.717) is 21.8 Å². The fourth-order valence-corrected chi connectivity index (χ4v) is 2.97. The highest BCUT2D eigenvalue weighted by Gasteiger charge is 2.49. The van der Waals surface area contributed by atoms with Crippen molar-refractivity contribution in [3.63, 3.8) is 0 Å². The molecule has 0 bridgehead atoms. The van der Waals surface area contributed by atoms with E-state index in [4.69, 9.17) is 0 Å². The summed E-state index contributed by atoms with van der Waals surface area (Å²) in [5, 5.41) is 5.97. The van der Waals surface area contributed by atoms with Gasteiger partial charge in [0.1, 0.15) is 5.54 Å². The zero-order valence-corrected chi connectivity index (χ0v) is 15.5. The van der Waals surface area contributed by atoms with Gasteiger partial charge in [-0.2, -0.15) is 5.01 Å². The van der Waals surface area contributed by atoms with Crippen molar-refractivity contribution in [1.29, 1.82) is 0 Å². The average Bonchev–Trinajstić information content (AvgIpc) is 2.88. The van der Waals surface area contributed by atoms with E-state index in [-0.39, 0.29) is 12.3 Å². The van der Waals surface area contributed by atoms with Crippen LogP contribution in [-0.2, 0) is 26.3 Å². The van der Waals surface area contributed by atoms with E-state index in [1.54, 1.807) is 55.5 Å². The van der Waals surface area contributed by atoms with Gasteiger partial charge >= 0.3 is 6.03 Å². The third-order valence-electron chi connectivity index (χ3n) is 4.42. The Kier molecular flexibility index (Phi) is 5.12. The number of carbonyl (C=O) groups is 4. The molecule has 8 nitrogen and oxygen atoms in total. The van der Waals surface area contributed by atoms with Crippen LogP contribution in [0.1, 0.15) is 25.0 Å². The van der Waals surface area contributed by atoms with Crippen LogP contribution in [-0.4, -0.2) is 28.8 Å². The largest absolute Gasteiger partial charge is 0.344 e. The van der Waals surface area contributed by atoms with Gasteiger partial charge in [0.15, 0.2) is 0 Å². The third kappa shape index (κ3) is 3.85. The van der Waals surface area contributed by atoms with Crippen LogP contribution in [0.25, 0.3) is 0 Å². The summed E-state index contributed by atoms with van der Waals surface area (Å²) in [6.45, 7) is 3.00. The van der Waals surface area contributed by atoms with Crippen LogP contribution in [0.5, 0.6) is 0 Å². The Hall–Kier alpha value is -3.68. The second-order valence-electron chi connectivity index (χ2n) is 6.65. The lowest BCUT2D eigenvalue weighted by atomic mass is 9.92. The highest BCUT2D eigenvalue weighted by atomic mass is 16.2. The number of anilines is 1. The van der Waals surface area contributed by atoms with E-state index >= 15 is 0 Å². The molecule has 1 heterocycles. The molecule has 0 aliphatic carbocycles. The Balaban J connectivity index is 1.66. The second-order valence-corrected chi connectivity index (χ2v) is 6.65. The molecule has 3 rings (SSSR count). The van der Waals surface area contributed by atoms with Crippen molar-refractivity contribution in [3.8, 4) is 0 Å². The van der Waals surface area contributed by atoms with Crippen molar-refractivity contribution in [2.75, 3.05) is 5.32 Å². The molecule has 8 heteroatoms. The topological polar surface area (TPSA) is 108 Å². The monoisotopic (exact) mass is 380 g/mol. The molecule has 0 radical (unpaired) electrons. The van der Waals surface area contributed by atoms with E-state index in [2.05, 4.69) is 16.1 Å². The molecule has 2 aromatic carbocycles. The normalized spacial score (nSPS) is 18.6. The first-order valence-corrected chi connectivity index (χ1v) is 8.68. The molecule has 3 N–H and O–H groups in total. The number of carbonyl (C=O) groups excluding carboxylic acids is 4. The SMILES string of the molecule is CC(=O)Nc1ccc(CC(=O)NN2C(=O)N[C@@](C)(c3ccccc3)C2=O)cc1. The summed E-state index contributed by atoms with van der Waals surface area (Å²) in [6, 6.07) is 14.8. The number of nitrogens with one attached hydrogen (secondary N) is 3. The second kappa shape index (κ2) is 7.51. The molecule has 0 unspecified atom stereocenters. The van der Waals surface area contributed by atoms with Crippen molar-refractivity contribution in [2.45, 2.75) is 25.8 Å². The predicted molar refractivity (Wildman–Crippen MR) is 102 cm³/mol. The van der Waals surface area contributed by atoms with Crippen LogP contribution in [0.3, 0.4) is 0 Å². The van der Waals surface area contributed by atoms with Gasteiger partial charge in [-0.25, -0.2) is 4.79 Å². The summed E-state index contributed by atoms with van der Waals surface area (Å²) in [4.78, 5) is 48.4. The molecule has 1 fully saturated rings. The van der Waals surface area contributed by atoms with Crippen LogP contribution < -0.4 is 16.1 Å². The number of nitrogens with zero attached hydrogens (tertiary/aromatic N) is 1. The fraction of sp³-hybridized carbons (Fsp3) is 0.200. The van der Waals surface area contributed by atoms with E-state index in [9.17, 15) is 19.2 Å². The maximum Gasteiger partial charge on any atom is 0.344 e. The number of benzene rings is 2. The minimum Gasteiger partial charge on any atom is -0.326 e. The molecule has 1 saturated heterocycles. The van der Waals surface area contributed by atoms with Gasteiger partial charge in [0.25, 0.3) is 5.91 Å². The Morgan fingerprint density at radius 3 is 2.29 bits per heavy atom. The van der Waals surface area contributed by atoms with Crippen molar-refractivity contribution in [3.05, 3.63) is 65.7 Å². The van der Waals surface area contributed by atoms with Crippen molar-refractivity contribution < 1.29 is 19.2 Å². The van der Waals surface area contributed by atoms with Crippen molar-refractivity contribution in [1.82, 2.24) is 15.8 Å². The van der Waals surface area contributed by atoms with E-state index in [1.165, 1.54) is 6.92 Å². The number of hydrogen-bond donors (Lipinski definition) is 3. The molecule has 0 saturated carbocycles. The number of amides is 5. The Morgan fingerprint density at radius 1 is 1.04 bits per heavy atom. The smallest absolute Gasteiger partial charge is 0.326 e. The molecule has 0 spiro atoms. The molecule has 144 valence electrons. The lowest BCUT2D eigenvalue weighted by molar-refractivity contribution is -0.138. The molecule has 0 aromatic heterocycles. The zero-order valence-electron chi connectivity index (χ0n) is 15.5. The van der Waals surface area contributed by atoms with Crippen LogP contribution >= 0.6 is 0 Å². The molecule has 1 atom stereocenters. The minimum absolute atomic E-state index is 0.0283. The quantitative estimate of drug-likeness (QED) is 0.686. The summed E-state index contributed by atoms with van der Waals surface area (Å²) in [6.07, 6.45) is -0.0283. The average molecular weight is 380 g/mol. The number of hydrogen-bond acceptors (Lipinski definition) is 4. The summed E-state index contributed by atoms with van der Waals surface area (Å²) in [7, 11) is 0. The molecular weight excluding hydrogens is 360 g/mol. The summed E-state index contributed by atoms with van der Waals surface area (Å²) in [5.74, 6) is -1.25. The molecule has 28 heavy (non-hydrogen) atoms. The van der Waals surface area contributed by atoms with Crippen molar-refractivity contribution in [2.24, 2.45) is 0 Å². The third-order valence-corrected chi connectivity index (χ3v) is 4.42. The van der Waals surface area contributed by atoms with Crippen LogP contribution in [0.4, 0.5) is 10.5 Å². The van der Waals surface area contributed by atoms with Gasteiger partial charge in [0.05, 0.1) is 6.42 Å². The minimum atomic E-state index is -1.24. The highest BCUT2D eigenvalue weighted by molar-refractivity contribution is 6.08. The van der Waals surface area contributed by atoms with E-state index < -0.39 is 23.4 Å².